The largest absolute Gasteiger partial charge is 0.492 e. The van der Waals surface area contributed by atoms with Crippen molar-refractivity contribution >= 4 is 24.5 Å². The summed E-state index contributed by atoms with van der Waals surface area (Å²) in [5.41, 5.74) is 3.53. The van der Waals surface area contributed by atoms with E-state index in [0.717, 1.165) is 24.0 Å². The van der Waals surface area contributed by atoms with Gasteiger partial charge in [0.25, 0.3) is 5.91 Å². The molecule has 0 saturated heterocycles. The number of hydrogen-bond acceptors (Lipinski definition) is 5. The first-order chi connectivity index (χ1) is 14.8. The van der Waals surface area contributed by atoms with Crippen LogP contribution in [0.15, 0.2) is 36.4 Å². The predicted octanol–water partition coefficient (Wildman–Crippen LogP) is 2.42. The Morgan fingerprint density at radius 2 is 1.94 bits per heavy atom. The van der Waals surface area contributed by atoms with Crippen LogP contribution in [0.2, 0.25) is 0 Å². The topological polar surface area (TPSA) is 84.9 Å². The molecule has 1 saturated carbocycles. The third-order valence-corrected chi connectivity index (χ3v) is 5.75. The second-order valence-corrected chi connectivity index (χ2v) is 8.47. The third-order valence-electron chi connectivity index (χ3n) is 5.75. The van der Waals surface area contributed by atoms with Gasteiger partial charge in [-0.2, -0.15) is 0 Å². The lowest BCUT2D eigenvalue weighted by Gasteiger charge is -2.22. The molecule has 1 aliphatic heterocycles. The van der Waals surface area contributed by atoms with Gasteiger partial charge in [-0.05, 0) is 65.0 Å². The first kappa shape index (κ1) is 21.5. The first-order valence-corrected chi connectivity index (χ1v) is 10.5. The van der Waals surface area contributed by atoms with Gasteiger partial charge in [0.1, 0.15) is 18.5 Å². The molecule has 0 aromatic heterocycles. The van der Waals surface area contributed by atoms with E-state index in [2.05, 4.69) is 5.32 Å². The molecular weight excluding hydrogens is 400 g/mol. The van der Waals surface area contributed by atoms with Crippen molar-refractivity contribution in [1.29, 1.82) is 0 Å². The second-order valence-electron chi connectivity index (χ2n) is 8.47. The lowest BCUT2D eigenvalue weighted by atomic mass is 9.73. The van der Waals surface area contributed by atoms with Crippen molar-refractivity contribution in [3.8, 4) is 0 Å². The van der Waals surface area contributed by atoms with Crippen molar-refractivity contribution in [2.24, 2.45) is 5.92 Å². The number of amides is 1. The van der Waals surface area contributed by atoms with Gasteiger partial charge in [-0.15, -0.1) is 0 Å². The summed E-state index contributed by atoms with van der Waals surface area (Å²) >= 11 is 0. The zero-order valence-corrected chi connectivity index (χ0v) is 17.6. The molecule has 8 heteroatoms. The molecule has 4 rings (SSSR count). The molecule has 1 heterocycles. The van der Waals surface area contributed by atoms with E-state index in [0.29, 0.717) is 23.2 Å². The van der Waals surface area contributed by atoms with Crippen molar-refractivity contribution in [2.75, 3.05) is 0 Å². The highest BCUT2D eigenvalue weighted by atomic mass is 19.1. The second kappa shape index (κ2) is 8.81. The van der Waals surface area contributed by atoms with Gasteiger partial charge in [-0.3, -0.25) is 4.79 Å². The Morgan fingerprint density at radius 3 is 2.58 bits per heavy atom. The molecule has 0 unspecified atom stereocenters. The zero-order valence-electron chi connectivity index (χ0n) is 17.6. The maximum atomic E-state index is 13.2. The average molecular weight is 425 g/mol. The number of carbonyl (C=O) groups is 2. The Morgan fingerprint density at radius 1 is 1.23 bits per heavy atom. The van der Waals surface area contributed by atoms with Crippen LogP contribution in [0.1, 0.15) is 59.7 Å². The van der Waals surface area contributed by atoms with Crippen LogP contribution < -0.4 is 10.8 Å². The summed E-state index contributed by atoms with van der Waals surface area (Å²) < 4.78 is 23.8. The minimum absolute atomic E-state index is 0.00605. The fraction of sp³-hybridized carbons (Fsp3) is 0.391. The molecule has 1 fully saturated rings. The van der Waals surface area contributed by atoms with Crippen LogP contribution in [0.25, 0.3) is 0 Å². The molecule has 0 spiro atoms. The van der Waals surface area contributed by atoms with Gasteiger partial charge in [-0.25, -0.2) is 9.18 Å². The molecular formula is C23H25BFNO5. The van der Waals surface area contributed by atoms with Crippen LogP contribution in [0.3, 0.4) is 0 Å². The third kappa shape index (κ3) is 4.65. The first-order valence-electron chi connectivity index (χ1n) is 10.5. The monoisotopic (exact) mass is 425 g/mol. The Bertz CT molecular complexity index is 990. The molecule has 0 bridgehead atoms. The van der Waals surface area contributed by atoms with Crippen molar-refractivity contribution in [3.05, 3.63) is 64.5 Å². The number of fused-ring (bicyclic) bond motifs is 1. The van der Waals surface area contributed by atoms with Gasteiger partial charge < -0.3 is 19.7 Å². The minimum atomic E-state index is -1.03. The summed E-state index contributed by atoms with van der Waals surface area (Å²) in [5.74, 6) is -1.27. The van der Waals surface area contributed by atoms with Crippen molar-refractivity contribution in [2.45, 2.75) is 51.9 Å². The summed E-state index contributed by atoms with van der Waals surface area (Å²) in [4.78, 5) is 25.8. The molecule has 2 aromatic rings. The molecule has 6 nitrogen and oxygen atoms in total. The van der Waals surface area contributed by atoms with Gasteiger partial charge in [-0.1, -0.05) is 32.0 Å². The van der Waals surface area contributed by atoms with Crippen LogP contribution >= 0.6 is 0 Å². The normalized spacial score (nSPS) is 16.2. The lowest BCUT2D eigenvalue weighted by Crippen LogP contribution is -2.46. The molecule has 2 aromatic carbocycles. The number of rotatable bonds is 7. The number of halogens is 1. The minimum Gasteiger partial charge on any atom is -0.459 e. The van der Waals surface area contributed by atoms with Crippen molar-refractivity contribution in [1.82, 2.24) is 5.32 Å². The van der Waals surface area contributed by atoms with E-state index in [1.807, 2.05) is 13.8 Å². The van der Waals surface area contributed by atoms with Crippen molar-refractivity contribution < 1.29 is 28.4 Å². The summed E-state index contributed by atoms with van der Waals surface area (Å²) in [7, 11) is -1.03. The molecule has 2 N–H and O–H groups in total. The van der Waals surface area contributed by atoms with E-state index in [4.69, 9.17) is 9.39 Å². The standard InChI is InChI=1S/C23H25BFNO5/c1-13(2)21(23(28)30-11-14-3-8-17(25)9-4-14)26-22(27)18-10-7-16-12-31-24(29)20(16)19(18)15-5-6-15/h3-4,7-10,13,15,21,29H,5-6,11-12H2,1-2H3,(H,26,27)/t21-/m0/s1. The molecule has 162 valence electrons. The Kier molecular flexibility index (Phi) is 6.11. The fourth-order valence-electron chi connectivity index (χ4n) is 3.90. The predicted molar refractivity (Wildman–Crippen MR) is 113 cm³/mol. The van der Waals surface area contributed by atoms with Crippen LogP contribution in [-0.2, 0) is 27.4 Å². The highest BCUT2D eigenvalue weighted by molar-refractivity contribution is 6.62. The highest BCUT2D eigenvalue weighted by Crippen LogP contribution is 2.42. The molecule has 1 aliphatic carbocycles. The molecule has 1 amide bonds. The van der Waals surface area contributed by atoms with Crippen LogP contribution in [0, 0.1) is 11.7 Å². The molecule has 2 aliphatic rings. The lowest BCUT2D eigenvalue weighted by molar-refractivity contribution is -0.148. The van der Waals surface area contributed by atoms with Crippen LogP contribution in [0.5, 0.6) is 0 Å². The average Bonchev–Trinajstić information content (AvgIpc) is 3.53. The van der Waals surface area contributed by atoms with E-state index < -0.39 is 19.1 Å². The molecule has 0 radical (unpaired) electrons. The number of nitrogens with one attached hydrogen (secondary N) is 1. The number of ether oxygens (including phenoxy) is 1. The Balaban J connectivity index is 1.50. The fourth-order valence-corrected chi connectivity index (χ4v) is 3.90. The van der Waals surface area contributed by atoms with E-state index >= 15 is 0 Å². The smallest absolute Gasteiger partial charge is 0.459 e. The number of benzene rings is 2. The highest BCUT2D eigenvalue weighted by Gasteiger charge is 2.39. The van der Waals surface area contributed by atoms with E-state index in [9.17, 15) is 19.0 Å². The van der Waals surface area contributed by atoms with Crippen molar-refractivity contribution in [3.63, 3.8) is 0 Å². The quantitative estimate of drug-likeness (QED) is 0.526. The summed E-state index contributed by atoms with van der Waals surface area (Å²) in [6.45, 7) is 3.97. The van der Waals surface area contributed by atoms with Gasteiger partial charge in [0.05, 0.1) is 6.61 Å². The Hall–Kier alpha value is -2.71. The maximum Gasteiger partial charge on any atom is 0.492 e. The van der Waals surface area contributed by atoms with E-state index in [-0.39, 0.29) is 30.2 Å². The maximum absolute atomic E-state index is 13.2. The van der Waals surface area contributed by atoms with Gasteiger partial charge >= 0.3 is 13.1 Å². The number of hydrogen-bond donors (Lipinski definition) is 2. The molecule has 1 atom stereocenters. The van der Waals surface area contributed by atoms with E-state index in [1.54, 1.807) is 24.3 Å². The summed E-state index contributed by atoms with van der Waals surface area (Å²) in [6, 6.07) is 8.40. The Labute approximate surface area is 180 Å². The van der Waals surface area contributed by atoms with Gasteiger partial charge in [0, 0.05) is 5.56 Å². The van der Waals surface area contributed by atoms with Crippen LogP contribution in [0.4, 0.5) is 4.39 Å². The number of esters is 1. The van der Waals surface area contributed by atoms with Gasteiger partial charge in [0.15, 0.2) is 0 Å². The molecule has 31 heavy (non-hydrogen) atoms. The van der Waals surface area contributed by atoms with Crippen LogP contribution in [-0.4, -0.2) is 30.1 Å². The summed E-state index contributed by atoms with van der Waals surface area (Å²) in [5, 5.41) is 13.1. The zero-order chi connectivity index (χ0) is 22.1. The summed E-state index contributed by atoms with van der Waals surface area (Å²) in [6.07, 6.45) is 1.91. The van der Waals surface area contributed by atoms with E-state index in [1.165, 1.54) is 12.1 Å². The SMILES string of the molecule is CC(C)[C@H](NC(=O)c1ccc2c(c1C1CC1)B(O)OC2)C(=O)OCc1ccc(F)cc1. The number of carbonyl (C=O) groups excluding carboxylic acids is 2. The van der Waals surface area contributed by atoms with Gasteiger partial charge in [0.2, 0.25) is 0 Å².